The largest absolute Gasteiger partial charge is 0.381 e. The van der Waals surface area contributed by atoms with E-state index in [0.717, 1.165) is 25.3 Å². The first-order valence-corrected chi connectivity index (χ1v) is 5.89. The molecule has 1 saturated heterocycles. The zero-order chi connectivity index (χ0) is 9.97. The number of ether oxygens (including phenoxy) is 1. The Morgan fingerprint density at radius 3 is 3.21 bits per heavy atom. The van der Waals surface area contributed by atoms with Crippen LogP contribution in [0.4, 0.5) is 0 Å². The van der Waals surface area contributed by atoms with Gasteiger partial charge >= 0.3 is 0 Å². The molecule has 3 nitrogen and oxygen atoms in total. The van der Waals surface area contributed by atoms with Gasteiger partial charge in [-0.3, -0.25) is 0 Å². The van der Waals surface area contributed by atoms with Crippen molar-refractivity contribution >= 4 is 11.3 Å². The van der Waals surface area contributed by atoms with Gasteiger partial charge in [0.1, 0.15) is 0 Å². The summed E-state index contributed by atoms with van der Waals surface area (Å²) < 4.78 is 5.36. The molecular weight excluding hydrogens is 196 g/mol. The van der Waals surface area contributed by atoms with Crippen molar-refractivity contribution in [3.05, 3.63) is 16.1 Å². The third kappa shape index (κ3) is 1.97. The fraction of sp³-hybridized carbons (Fsp3) is 0.700. The molecule has 1 aliphatic heterocycles. The van der Waals surface area contributed by atoms with Crippen LogP contribution in [0.2, 0.25) is 0 Å². The normalized spacial score (nSPS) is 24.0. The fourth-order valence-electron chi connectivity index (χ4n) is 1.56. The molecule has 2 heterocycles. The molecular formula is C10H16N2OS. The van der Waals surface area contributed by atoms with Crippen LogP contribution in [0.5, 0.6) is 0 Å². The van der Waals surface area contributed by atoms with Gasteiger partial charge in [0.15, 0.2) is 0 Å². The first kappa shape index (κ1) is 10.1. The molecule has 0 bridgehead atoms. The van der Waals surface area contributed by atoms with E-state index in [1.165, 1.54) is 5.01 Å². The summed E-state index contributed by atoms with van der Waals surface area (Å²) >= 11 is 1.76. The van der Waals surface area contributed by atoms with Crippen LogP contribution in [-0.2, 0) is 4.74 Å². The number of nitrogens with zero attached hydrogens (tertiary/aromatic N) is 1. The molecule has 1 aliphatic rings. The Balaban J connectivity index is 2.08. The minimum atomic E-state index is 0.349. The quantitative estimate of drug-likeness (QED) is 0.831. The molecule has 2 rings (SSSR count). The van der Waals surface area contributed by atoms with E-state index in [2.05, 4.69) is 22.6 Å². The van der Waals surface area contributed by atoms with Gasteiger partial charge in [-0.1, -0.05) is 0 Å². The van der Waals surface area contributed by atoms with E-state index in [0.29, 0.717) is 12.0 Å². The van der Waals surface area contributed by atoms with Gasteiger partial charge in [-0.2, -0.15) is 0 Å². The Kier molecular flexibility index (Phi) is 3.15. The van der Waals surface area contributed by atoms with Crippen molar-refractivity contribution in [1.82, 2.24) is 10.3 Å². The van der Waals surface area contributed by atoms with E-state index in [4.69, 9.17) is 4.74 Å². The summed E-state index contributed by atoms with van der Waals surface area (Å²) in [6.07, 6.45) is 1.13. The average Bonchev–Trinajstić information content (AvgIpc) is 2.86. The highest BCUT2D eigenvalue weighted by atomic mass is 32.1. The van der Waals surface area contributed by atoms with Crippen molar-refractivity contribution in [3.8, 4) is 0 Å². The Labute approximate surface area is 88.5 Å². The standard InChI is InChI=1S/C10H16N2OS/c1-7(11-2)9-6-14-10(12-9)8-3-4-13-5-8/h6-8,11H,3-5H2,1-2H3. The van der Waals surface area contributed by atoms with Crippen LogP contribution >= 0.6 is 11.3 Å². The van der Waals surface area contributed by atoms with Gasteiger partial charge < -0.3 is 10.1 Å². The highest BCUT2D eigenvalue weighted by molar-refractivity contribution is 7.09. The molecule has 0 amide bonds. The molecule has 2 unspecified atom stereocenters. The number of rotatable bonds is 3. The lowest BCUT2D eigenvalue weighted by Gasteiger charge is -2.06. The summed E-state index contributed by atoms with van der Waals surface area (Å²) in [5, 5.41) is 6.58. The van der Waals surface area contributed by atoms with Crippen LogP contribution in [0.15, 0.2) is 5.38 Å². The maximum atomic E-state index is 5.36. The maximum absolute atomic E-state index is 5.36. The molecule has 0 aromatic carbocycles. The van der Waals surface area contributed by atoms with Crippen LogP contribution in [0.25, 0.3) is 0 Å². The molecule has 0 radical (unpaired) electrons. The molecule has 2 atom stereocenters. The molecule has 14 heavy (non-hydrogen) atoms. The van der Waals surface area contributed by atoms with Crippen LogP contribution in [-0.4, -0.2) is 25.2 Å². The third-order valence-corrected chi connectivity index (χ3v) is 3.72. The van der Waals surface area contributed by atoms with E-state index in [9.17, 15) is 0 Å². The van der Waals surface area contributed by atoms with Gasteiger partial charge in [0, 0.05) is 23.9 Å². The van der Waals surface area contributed by atoms with Gasteiger partial charge in [-0.05, 0) is 20.4 Å². The van der Waals surface area contributed by atoms with Crippen LogP contribution in [0.1, 0.15) is 36.0 Å². The molecule has 1 N–H and O–H groups in total. The van der Waals surface area contributed by atoms with Gasteiger partial charge in [-0.15, -0.1) is 11.3 Å². The lowest BCUT2D eigenvalue weighted by molar-refractivity contribution is 0.194. The molecule has 0 spiro atoms. The topological polar surface area (TPSA) is 34.1 Å². The molecule has 4 heteroatoms. The van der Waals surface area contributed by atoms with Crippen molar-refractivity contribution < 1.29 is 4.74 Å². The van der Waals surface area contributed by atoms with E-state index < -0.39 is 0 Å². The number of thiazole rings is 1. The van der Waals surface area contributed by atoms with Crippen LogP contribution in [0, 0.1) is 0 Å². The summed E-state index contributed by atoms with van der Waals surface area (Å²) in [4.78, 5) is 4.64. The number of hydrogen-bond donors (Lipinski definition) is 1. The first-order chi connectivity index (χ1) is 6.81. The first-order valence-electron chi connectivity index (χ1n) is 5.01. The van der Waals surface area contributed by atoms with Gasteiger partial charge in [-0.25, -0.2) is 4.98 Å². The van der Waals surface area contributed by atoms with E-state index in [-0.39, 0.29) is 0 Å². The summed E-state index contributed by atoms with van der Waals surface area (Å²) in [6, 6.07) is 0.349. The monoisotopic (exact) mass is 212 g/mol. The average molecular weight is 212 g/mol. The van der Waals surface area contributed by atoms with Crippen LogP contribution < -0.4 is 5.32 Å². The Morgan fingerprint density at radius 1 is 1.71 bits per heavy atom. The Bertz CT molecular complexity index is 294. The SMILES string of the molecule is CNC(C)c1csc(C2CCOC2)n1. The van der Waals surface area contributed by atoms with Crippen LogP contribution in [0.3, 0.4) is 0 Å². The Hall–Kier alpha value is -0.450. The molecule has 78 valence electrons. The van der Waals surface area contributed by atoms with Crippen molar-refractivity contribution in [2.24, 2.45) is 0 Å². The maximum Gasteiger partial charge on any atom is 0.0983 e. The summed E-state index contributed by atoms with van der Waals surface area (Å²) in [5.41, 5.74) is 1.15. The predicted octanol–water partition coefficient (Wildman–Crippen LogP) is 1.93. The summed E-state index contributed by atoms with van der Waals surface area (Å²) in [5.74, 6) is 0.540. The van der Waals surface area contributed by atoms with Crippen molar-refractivity contribution in [3.63, 3.8) is 0 Å². The molecule has 0 saturated carbocycles. The molecule has 1 fully saturated rings. The van der Waals surface area contributed by atoms with Gasteiger partial charge in [0.2, 0.25) is 0 Å². The second-order valence-electron chi connectivity index (χ2n) is 3.68. The molecule has 1 aromatic rings. The third-order valence-electron chi connectivity index (χ3n) is 2.70. The molecule has 1 aromatic heterocycles. The van der Waals surface area contributed by atoms with Gasteiger partial charge in [0.05, 0.1) is 17.3 Å². The lowest BCUT2D eigenvalue weighted by atomic mass is 10.1. The Morgan fingerprint density at radius 2 is 2.57 bits per heavy atom. The minimum Gasteiger partial charge on any atom is -0.381 e. The fourth-order valence-corrected chi connectivity index (χ4v) is 2.60. The number of hydrogen-bond acceptors (Lipinski definition) is 4. The highest BCUT2D eigenvalue weighted by Gasteiger charge is 2.21. The predicted molar refractivity (Wildman–Crippen MR) is 57.8 cm³/mol. The second-order valence-corrected chi connectivity index (χ2v) is 4.57. The van der Waals surface area contributed by atoms with E-state index in [1.807, 2.05) is 7.05 Å². The summed E-state index contributed by atoms with van der Waals surface area (Å²) in [7, 11) is 1.96. The van der Waals surface area contributed by atoms with Crippen molar-refractivity contribution in [2.75, 3.05) is 20.3 Å². The lowest BCUT2D eigenvalue weighted by Crippen LogP contribution is -2.12. The van der Waals surface area contributed by atoms with Crippen molar-refractivity contribution in [2.45, 2.75) is 25.3 Å². The number of aromatic nitrogens is 1. The van der Waals surface area contributed by atoms with E-state index in [1.54, 1.807) is 11.3 Å². The smallest absolute Gasteiger partial charge is 0.0983 e. The zero-order valence-corrected chi connectivity index (χ0v) is 9.43. The zero-order valence-electron chi connectivity index (χ0n) is 8.62. The van der Waals surface area contributed by atoms with E-state index >= 15 is 0 Å². The second kappa shape index (κ2) is 4.38. The summed E-state index contributed by atoms with van der Waals surface area (Å²) in [6.45, 7) is 3.87. The number of nitrogens with one attached hydrogen (secondary N) is 1. The molecule has 0 aliphatic carbocycles. The van der Waals surface area contributed by atoms with Gasteiger partial charge in [0.25, 0.3) is 0 Å². The highest BCUT2D eigenvalue weighted by Crippen LogP contribution is 2.29. The van der Waals surface area contributed by atoms with Crippen molar-refractivity contribution in [1.29, 1.82) is 0 Å². The minimum absolute atomic E-state index is 0.349.